The van der Waals surface area contributed by atoms with Gasteiger partial charge in [0.05, 0.1) is 18.3 Å². The Labute approximate surface area is 119 Å². The van der Waals surface area contributed by atoms with Crippen LogP contribution in [0.3, 0.4) is 0 Å². The van der Waals surface area contributed by atoms with E-state index >= 15 is 0 Å². The fourth-order valence-electron chi connectivity index (χ4n) is 3.25. The van der Waals surface area contributed by atoms with Gasteiger partial charge in [-0.2, -0.15) is 0 Å². The highest BCUT2D eigenvalue weighted by molar-refractivity contribution is 5.74. The summed E-state index contributed by atoms with van der Waals surface area (Å²) >= 11 is 0. The Balaban J connectivity index is 1.48. The molecule has 1 saturated heterocycles. The number of fused-ring (bicyclic) bond motifs is 1. The minimum atomic E-state index is -0.104. The number of hydrogen-bond acceptors (Lipinski definition) is 3. The van der Waals surface area contributed by atoms with E-state index in [1.54, 1.807) is 6.20 Å². The standard InChI is InChI=1S/C15H21N3O2/c19-15(17-10-11-4-1-2-8-16-11)18-13-5-3-6-14-12(13)7-9-20-14/h1-2,4,8,12-14H,3,5-7,9-10H2,(H2,17,18,19)/t12-,13+,14+/m0/s1. The molecule has 0 aromatic carbocycles. The van der Waals surface area contributed by atoms with Crippen LogP contribution in [0.25, 0.3) is 0 Å². The summed E-state index contributed by atoms with van der Waals surface area (Å²) in [5.41, 5.74) is 0.869. The first-order valence-corrected chi connectivity index (χ1v) is 7.39. The minimum absolute atomic E-state index is 0.104. The fraction of sp³-hybridized carbons (Fsp3) is 0.600. The maximum atomic E-state index is 12.0. The molecule has 3 atom stereocenters. The predicted octanol–water partition coefficient (Wildman–Crippen LogP) is 1.84. The molecule has 20 heavy (non-hydrogen) atoms. The molecule has 1 saturated carbocycles. The van der Waals surface area contributed by atoms with Gasteiger partial charge in [0.15, 0.2) is 0 Å². The number of amides is 2. The average Bonchev–Trinajstić information content (AvgIpc) is 2.96. The van der Waals surface area contributed by atoms with E-state index in [-0.39, 0.29) is 12.1 Å². The van der Waals surface area contributed by atoms with Gasteiger partial charge in [-0.1, -0.05) is 6.07 Å². The maximum absolute atomic E-state index is 12.0. The number of hydrogen-bond donors (Lipinski definition) is 2. The molecule has 0 bridgehead atoms. The summed E-state index contributed by atoms with van der Waals surface area (Å²) in [7, 11) is 0. The van der Waals surface area contributed by atoms with Gasteiger partial charge in [-0.15, -0.1) is 0 Å². The molecule has 5 nitrogen and oxygen atoms in total. The number of carbonyl (C=O) groups excluding carboxylic acids is 1. The number of urea groups is 1. The molecule has 108 valence electrons. The minimum Gasteiger partial charge on any atom is -0.378 e. The predicted molar refractivity (Wildman–Crippen MR) is 75.1 cm³/mol. The number of pyridine rings is 1. The van der Waals surface area contributed by atoms with Crippen LogP contribution in [0.2, 0.25) is 0 Å². The molecule has 2 aliphatic rings. The van der Waals surface area contributed by atoms with E-state index in [4.69, 9.17) is 4.74 Å². The van der Waals surface area contributed by atoms with Crippen LogP contribution in [0.15, 0.2) is 24.4 Å². The van der Waals surface area contributed by atoms with Gasteiger partial charge < -0.3 is 15.4 Å². The zero-order valence-corrected chi connectivity index (χ0v) is 11.5. The Hall–Kier alpha value is -1.62. The second-order valence-corrected chi connectivity index (χ2v) is 5.55. The van der Waals surface area contributed by atoms with Gasteiger partial charge >= 0.3 is 6.03 Å². The Morgan fingerprint density at radius 3 is 3.15 bits per heavy atom. The lowest BCUT2D eigenvalue weighted by Crippen LogP contribution is -2.49. The molecule has 2 amide bonds. The Morgan fingerprint density at radius 1 is 1.35 bits per heavy atom. The highest BCUT2D eigenvalue weighted by Crippen LogP contribution is 2.34. The first-order valence-electron chi connectivity index (χ1n) is 7.39. The van der Waals surface area contributed by atoms with E-state index in [0.717, 1.165) is 38.0 Å². The average molecular weight is 275 g/mol. The molecule has 2 fully saturated rings. The van der Waals surface area contributed by atoms with Crippen LogP contribution >= 0.6 is 0 Å². The molecule has 0 radical (unpaired) electrons. The highest BCUT2D eigenvalue weighted by atomic mass is 16.5. The van der Waals surface area contributed by atoms with Crippen molar-refractivity contribution in [2.75, 3.05) is 6.61 Å². The number of nitrogens with zero attached hydrogens (tertiary/aromatic N) is 1. The van der Waals surface area contributed by atoms with Gasteiger partial charge in [0.25, 0.3) is 0 Å². The Morgan fingerprint density at radius 2 is 2.30 bits per heavy atom. The van der Waals surface area contributed by atoms with Crippen LogP contribution in [0.4, 0.5) is 4.79 Å². The van der Waals surface area contributed by atoms with Crippen molar-refractivity contribution in [1.82, 2.24) is 15.6 Å². The van der Waals surface area contributed by atoms with E-state index in [0.29, 0.717) is 18.6 Å². The Bertz CT molecular complexity index is 452. The van der Waals surface area contributed by atoms with Crippen LogP contribution in [0.5, 0.6) is 0 Å². The van der Waals surface area contributed by atoms with E-state index in [9.17, 15) is 4.79 Å². The summed E-state index contributed by atoms with van der Waals surface area (Å²) in [6.45, 7) is 1.30. The highest BCUT2D eigenvalue weighted by Gasteiger charge is 2.38. The number of ether oxygens (including phenoxy) is 1. The summed E-state index contributed by atoms with van der Waals surface area (Å²) in [5.74, 6) is 0.490. The normalized spacial score (nSPS) is 28.7. The quantitative estimate of drug-likeness (QED) is 0.884. The second-order valence-electron chi connectivity index (χ2n) is 5.55. The topological polar surface area (TPSA) is 63.2 Å². The number of nitrogens with one attached hydrogen (secondary N) is 2. The molecule has 2 N–H and O–H groups in total. The molecule has 1 aromatic rings. The number of carbonyl (C=O) groups is 1. The van der Waals surface area contributed by atoms with Gasteiger partial charge in [-0.05, 0) is 37.8 Å². The third-order valence-electron chi connectivity index (χ3n) is 4.25. The monoisotopic (exact) mass is 275 g/mol. The van der Waals surface area contributed by atoms with Gasteiger partial charge in [-0.25, -0.2) is 4.79 Å². The van der Waals surface area contributed by atoms with Crippen molar-refractivity contribution in [3.05, 3.63) is 30.1 Å². The van der Waals surface area contributed by atoms with Crippen LogP contribution in [-0.2, 0) is 11.3 Å². The lowest BCUT2D eigenvalue weighted by atomic mass is 9.82. The first kappa shape index (κ1) is 13.4. The first-order chi connectivity index (χ1) is 9.83. The lowest BCUT2D eigenvalue weighted by Gasteiger charge is -2.33. The largest absolute Gasteiger partial charge is 0.378 e. The van der Waals surface area contributed by atoms with E-state index in [2.05, 4.69) is 15.6 Å². The summed E-state index contributed by atoms with van der Waals surface area (Å²) < 4.78 is 5.72. The zero-order chi connectivity index (χ0) is 13.8. The molecule has 2 heterocycles. The van der Waals surface area contributed by atoms with Crippen LogP contribution in [-0.4, -0.2) is 29.8 Å². The van der Waals surface area contributed by atoms with Gasteiger partial charge in [0, 0.05) is 24.8 Å². The van der Waals surface area contributed by atoms with Gasteiger partial charge in [-0.3, -0.25) is 4.98 Å². The third kappa shape index (κ3) is 3.10. The molecule has 1 aromatic heterocycles. The van der Waals surface area contributed by atoms with E-state index in [1.165, 1.54) is 0 Å². The lowest BCUT2D eigenvalue weighted by molar-refractivity contribution is 0.0549. The Kier molecular flexibility index (Phi) is 4.16. The zero-order valence-electron chi connectivity index (χ0n) is 11.5. The number of rotatable bonds is 3. The summed E-state index contributed by atoms with van der Waals surface area (Å²) in [6.07, 6.45) is 6.48. The van der Waals surface area contributed by atoms with Crippen molar-refractivity contribution in [2.24, 2.45) is 5.92 Å². The van der Waals surface area contributed by atoms with Crippen molar-refractivity contribution in [2.45, 2.75) is 44.4 Å². The molecule has 0 unspecified atom stereocenters. The summed E-state index contributed by atoms with van der Waals surface area (Å²) in [4.78, 5) is 16.2. The molecule has 5 heteroatoms. The number of aromatic nitrogens is 1. The van der Waals surface area contributed by atoms with E-state index < -0.39 is 0 Å². The molecule has 1 aliphatic heterocycles. The third-order valence-corrected chi connectivity index (χ3v) is 4.25. The van der Waals surface area contributed by atoms with Crippen molar-refractivity contribution in [1.29, 1.82) is 0 Å². The van der Waals surface area contributed by atoms with Gasteiger partial charge in [0.2, 0.25) is 0 Å². The maximum Gasteiger partial charge on any atom is 0.315 e. The van der Waals surface area contributed by atoms with Crippen molar-refractivity contribution < 1.29 is 9.53 Å². The van der Waals surface area contributed by atoms with Crippen LogP contribution in [0.1, 0.15) is 31.4 Å². The molecule has 1 aliphatic carbocycles. The summed E-state index contributed by atoms with van der Waals surface area (Å²) in [6, 6.07) is 5.84. The second kappa shape index (κ2) is 6.22. The molecular formula is C15H21N3O2. The summed E-state index contributed by atoms with van der Waals surface area (Å²) in [5, 5.41) is 5.98. The SMILES string of the molecule is O=C(NCc1ccccn1)N[C@@H]1CCC[C@H]2OCC[C@@H]12. The van der Waals surface area contributed by atoms with Crippen LogP contribution < -0.4 is 10.6 Å². The molecule has 3 rings (SSSR count). The molecular weight excluding hydrogens is 254 g/mol. The smallest absolute Gasteiger partial charge is 0.315 e. The van der Waals surface area contributed by atoms with Crippen LogP contribution in [0, 0.1) is 5.92 Å². The van der Waals surface area contributed by atoms with Crippen molar-refractivity contribution in [3.8, 4) is 0 Å². The van der Waals surface area contributed by atoms with Crippen molar-refractivity contribution in [3.63, 3.8) is 0 Å². The van der Waals surface area contributed by atoms with E-state index in [1.807, 2.05) is 18.2 Å². The molecule has 0 spiro atoms. The van der Waals surface area contributed by atoms with Crippen molar-refractivity contribution >= 4 is 6.03 Å². The fourth-order valence-corrected chi connectivity index (χ4v) is 3.25. The van der Waals surface area contributed by atoms with Gasteiger partial charge in [0.1, 0.15) is 0 Å².